The van der Waals surface area contributed by atoms with E-state index in [0.29, 0.717) is 12.2 Å². The molecule has 0 spiro atoms. The topological polar surface area (TPSA) is 109 Å². The molecule has 2 aromatic carbocycles. The van der Waals surface area contributed by atoms with Gasteiger partial charge in [-0.15, -0.1) is 5.10 Å². The number of carbonyl (C=O) groups excluding carboxylic acids is 2. The molecule has 0 fully saturated rings. The van der Waals surface area contributed by atoms with Gasteiger partial charge in [0.1, 0.15) is 0 Å². The standard InChI is InChI=1S/C19H19N5O3/c25-16(23-27)12-7-13-20-19(26)17-21-18(14-8-3-1-4-9-14)24(22-17)15-10-5-2-6-11-15/h1-6,8-11,27H,7,12-13H2,(H,20,26)(H,23,25). The molecule has 8 heteroatoms. The Bertz CT molecular complexity index is 853. The summed E-state index contributed by atoms with van der Waals surface area (Å²) in [5.74, 6) is -0.315. The van der Waals surface area contributed by atoms with E-state index in [1.165, 1.54) is 0 Å². The number of amides is 2. The molecule has 0 aliphatic rings. The van der Waals surface area contributed by atoms with E-state index in [2.05, 4.69) is 15.4 Å². The molecule has 0 radical (unpaired) electrons. The van der Waals surface area contributed by atoms with Gasteiger partial charge in [-0.25, -0.2) is 15.1 Å². The first kappa shape index (κ1) is 18.3. The molecule has 3 aromatic rings. The van der Waals surface area contributed by atoms with Crippen LogP contribution in [-0.4, -0.2) is 38.3 Å². The maximum atomic E-state index is 12.4. The predicted octanol–water partition coefficient (Wildman–Crippen LogP) is 1.95. The van der Waals surface area contributed by atoms with Crippen LogP contribution in [0, 0.1) is 0 Å². The van der Waals surface area contributed by atoms with Crippen molar-refractivity contribution < 1.29 is 14.8 Å². The van der Waals surface area contributed by atoms with Crippen LogP contribution in [0.4, 0.5) is 0 Å². The van der Waals surface area contributed by atoms with Gasteiger partial charge in [0.2, 0.25) is 11.7 Å². The van der Waals surface area contributed by atoms with E-state index in [1.807, 2.05) is 60.7 Å². The summed E-state index contributed by atoms with van der Waals surface area (Å²) in [6, 6.07) is 18.9. The van der Waals surface area contributed by atoms with Crippen molar-refractivity contribution in [2.75, 3.05) is 6.54 Å². The molecular weight excluding hydrogens is 346 g/mol. The maximum Gasteiger partial charge on any atom is 0.290 e. The van der Waals surface area contributed by atoms with E-state index >= 15 is 0 Å². The lowest BCUT2D eigenvalue weighted by molar-refractivity contribution is -0.129. The van der Waals surface area contributed by atoms with E-state index in [0.717, 1.165) is 11.3 Å². The smallest absolute Gasteiger partial charge is 0.290 e. The van der Waals surface area contributed by atoms with Crippen molar-refractivity contribution in [3.63, 3.8) is 0 Å². The van der Waals surface area contributed by atoms with Crippen LogP contribution in [-0.2, 0) is 4.79 Å². The minimum atomic E-state index is -0.498. The van der Waals surface area contributed by atoms with Crippen LogP contribution in [0.1, 0.15) is 23.5 Å². The van der Waals surface area contributed by atoms with Crippen molar-refractivity contribution in [3.8, 4) is 17.1 Å². The van der Waals surface area contributed by atoms with Crippen LogP contribution in [0.25, 0.3) is 17.1 Å². The largest absolute Gasteiger partial charge is 0.349 e. The van der Waals surface area contributed by atoms with Crippen molar-refractivity contribution in [2.45, 2.75) is 12.8 Å². The highest BCUT2D eigenvalue weighted by Gasteiger charge is 2.18. The zero-order valence-electron chi connectivity index (χ0n) is 14.5. The fraction of sp³-hybridized carbons (Fsp3) is 0.158. The Morgan fingerprint density at radius 3 is 2.33 bits per heavy atom. The summed E-state index contributed by atoms with van der Waals surface area (Å²) in [6.07, 6.45) is 0.501. The van der Waals surface area contributed by atoms with Gasteiger partial charge in [0.15, 0.2) is 5.82 Å². The molecular formula is C19H19N5O3. The first-order chi connectivity index (χ1) is 13.2. The Balaban J connectivity index is 1.81. The molecule has 3 N–H and O–H groups in total. The maximum absolute atomic E-state index is 12.4. The van der Waals surface area contributed by atoms with E-state index in [4.69, 9.17) is 5.21 Å². The summed E-state index contributed by atoms with van der Waals surface area (Å²) < 4.78 is 1.63. The van der Waals surface area contributed by atoms with Crippen LogP contribution in [0.5, 0.6) is 0 Å². The minimum Gasteiger partial charge on any atom is -0.349 e. The summed E-state index contributed by atoms with van der Waals surface area (Å²) in [6.45, 7) is 0.271. The van der Waals surface area contributed by atoms with Gasteiger partial charge in [-0.2, -0.15) is 0 Å². The van der Waals surface area contributed by atoms with E-state index in [9.17, 15) is 9.59 Å². The van der Waals surface area contributed by atoms with Gasteiger partial charge in [-0.3, -0.25) is 14.8 Å². The van der Waals surface area contributed by atoms with Gasteiger partial charge in [-0.05, 0) is 18.6 Å². The zero-order chi connectivity index (χ0) is 19.1. The fourth-order valence-corrected chi connectivity index (χ4v) is 2.52. The third-order valence-corrected chi connectivity index (χ3v) is 3.83. The number of hydroxylamine groups is 1. The predicted molar refractivity (Wildman–Crippen MR) is 98.3 cm³/mol. The van der Waals surface area contributed by atoms with E-state index in [1.54, 1.807) is 10.2 Å². The van der Waals surface area contributed by atoms with Gasteiger partial charge in [0.25, 0.3) is 5.91 Å². The molecule has 8 nitrogen and oxygen atoms in total. The highest BCUT2D eigenvalue weighted by atomic mass is 16.5. The Morgan fingerprint density at radius 2 is 1.67 bits per heavy atom. The molecule has 0 saturated carbocycles. The van der Waals surface area contributed by atoms with Gasteiger partial charge in [0.05, 0.1) is 5.69 Å². The average molecular weight is 365 g/mol. The van der Waals surface area contributed by atoms with Crippen molar-refractivity contribution in [2.24, 2.45) is 0 Å². The van der Waals surface area contributed by atoms with E-state index < -0.39 is 11.8 Å². The summed E-state index contributed by atoms with van der Waals surface area (Å²) in [5.41, 5.74) is 3.19. The molecule has 1 heterocycles. The van der Waals surface area contributed by atoms with Gasteiger partial charge in [-0.1, -0.05) is 48.5 Å². The monoisotopic (exact) mass is 365 g/mol. The van der Waals surface area contributed by atoms with Gasteiger partial charge >= 0.3 is 0 Å². The molecule has 0 aliphatic carbocycles. The first-order valence-corrected chi connectivity index (χ1v) is 8.48. The molecule has 2 amide bonds. The Hall–Kier alpha value is -3.52. The Labute approximate surface area is 155 Å². The third-order valence-electron chi connectivity index (χ3n) is 3.83. The SMILES string of the molecule is O=C(CCCNC(=O)c1nc(-c2ccccc2)n(-c2ccccc2)n1)NO. The lowest BCUT2D eigenvalue weighted by Crippen LogP contribution is -2.27. The van der Waals surface area contributed by atoms with Gasteiger partial charge < -0.3 is 5.32 Å². The summed E-state index contributed by atoms with van der Waals surface area (Å²) in [7, 11) is 0. The molecule has 0 bridgehead atoms. The highest BCUT2D eigenvalue weighted by Crippen LogP contribution is 2.20. The molecule has 138 valence electrons. The lowest BCUT2D eigenvalue weighted by atomic mass is 10.2. The fourth-order valence-electron chi connectivity index (χ4n) is 2.52. The number of carbonyl (C=O) groups is 2. The molecule has 1 aromatic heterocycles. The zero-order valence-corrected chi connectivity index (χ0v) is 14.5. The number of hydrogen-bond donors (Lipinski definition) is 3. The normalized spacial score (nSPS) is 10.4. The number of aromatic nitrogens is 3. The number of benzene rings is 2. The number of nitrogens with one attached hydrogen (secondary N) is 2. The molecule has 0 unspecified atom stereocenters. The lowest BCUT2D eigenvalue weighted by Gasteiger charge is -2.05. The molecule has 0 atom stereocenters. The molecule has 3 rings (SSSR count). The quantitative estimate of drug-likeness (QED) is 0.337. The van der Waals surface area contributed by atoms with Crippen LogP contribution in [0.15, 0.2) is 60.7 Å². The number of nitrogens with zero attached hydrogens (tertiary/aromatic N) is 3. The van der Waals surface area contributed by atoms with Crippen LogP contribution in [0.3, 0.4) is 0 Å². The second kappa shape index (κ2) is 8.72. The molecule has 0 aliphatic heterocycles. The number of hydrogen-bond acceptors (Lipinski definition) is 5. The van der Waals surface area contributed by atoms with Crippen LogP contribution >= 0.6 is 0 Å². The Morgan fingerprint density at radius 1 is 1.00 bits per heavy atom. The van der Waals surface area contributed by atoms with Crippen molar-refractivity contribution in [1.82, 2.24) is 25.6 Å². The van der Waals surface area contributed by atoms with Crippen LogP contribution < -0.4 is 10.8 Å². The number of para-hydroxylation sites is 1. The Kier molecular flexibility index (Phi) is 5.91. The minimum absolute atomic E-state index is 0.0457. The number of rotatable bonds is 7. The molecule has 0 saturated heterocycles. The van der Waals surface area contributed by atoms with Crippen molar-refractivity contribution in [1.29, 1.82) is 0 Å². The van der Waals surface area contributed by atoms with Crippen LogP contribution in [0.2, 0.25) is 0 Å². The second-order valence-corrected chi connectivity index (χ2v) is 5.77. The summed E-state index contributed by atoms with van der Waals surface area (Å²) in [5, 5.41) is 15.5. The van der Waals surface area contributed by atoms with Crippen molar-refractivity contribution >= 4 is 11.8 Å². The van der Waals surface area contributed by atoms with E-state index in [-0.39, 0.29) is 18.8 Å². The third kappa shape index (κ3) is 4.56. The average Bonchev–Trinajstić information content (AvgIpc) is 3.18. The first-order valence-electron chi connectivity index (χ1n) is 8.48. The van der Waals surface area contributed by atoms with Gasteiger partial charge in [0, 0.05) is 18.5 Å². The van der Waals surface area contributed by atoms with Crippen molar-refractivity contribution in [3.05, 3.63) is 66.5 Å². The summed E-state index contributed by atoms with van der Waals surface area (Å²) in [4.78, 5) is 27.8. The second-order valence-electron chi connectivity index (χ2n) is 5.77. The molecule has 27 heavy (non-hydrogen) atoms. The summed E-state index contributed by atoms with van der Waals surface area (Å²) >= 11 is 0. The highest BCUT2D eigenvalue weighted by molar-refractivity contribution is 5.91.